The minimum atomic E-state index is -0.119. The second kappa shape index (κ2) is 9.41. The number of imidazole rings is 1. The summed E-state index contributed by atoms with van der Waals surface area (Å²) in [5, 5.41) is 0.412. The second-order valence-corrected chi connectivity index (χ2v) is 7.44. The van der Waals surface area contributed by atoms with Crippen molar-refractivity contribution >= 4 is 40.2 Å². The van der Waals surface area contributed by atoms with E-state index in [1.54, 1.807) is 30.2 Å². The van der Waals surface area contributed by atoms with Crippen LogP contribution >= 0.6 is 11.6 Å². The number of H-pyrrole nitrogens is 1. The largest absolute Gasteiger partial charge is 0.493 e. The normalized spacial score (nSPS) is 14.7. The van der Waals surface area contributed by atoms with Crippen LogP contribution < -0.4 is 9.47 Å². The van der Waals surface area contributed by atoms with Crippen molar-refractivity contribution in [2.24, 2.45) is 0 Å². The molecule has 0 radical (unpaired) electrons. The number of benzene rings is 2. The molecule has 0 saturated carbocycles. The smallest absolute Gasteiger partial charge is 0.257 e. The fraction of sp³-hybridized carbons (Fsp3) is 0.304. The average molecular weight is 442 g/mol. The molecule has 0 unspecified atom stereocenters. The molecular weight excluding hydrogens is 418 g/mol. The van der Waals surface area contributed by atoms with Crippen molar-refractivity contribution < 1.29 is 19.0 Å². The predicted octanol–water partition coefficient (Wildman–Crippen LogP) is 4.02. The molecule has 31 heavy (non-hydrogen) atoms. The lowest BCUT2D eigenvalue weighted by atomic mass is 10.1. The number of carbonyl (C=O) groups excluding carboxylic acids is 1. The molecule has 1 aliphatic rings. The van der Waals surface area contributed by atoms with Crippen LogP contribution in [0, 0.1) is 0 Å². The number of para-hydroxylation sites is 2. The van der Waals surface area contributed by atoms with Gasteiger partial charge in [-0.25, -0.2) is 4.98 Å². The number of fused-ring (bicyclic) bond motifs is 1. The first-order valence-electron chi connectivity index (χ1n) is 10.1. The molecular formula is C23H24ClN3O4. The Kier molecular flexibility index (Phi) is 6.44. The summed E-state index contributed by atoms with van der Waals surface area (Å²) in [5.74, 6) is 1.37. The molecule has 162 valence electrons. The standard InChI is InChI=1S/C23H24ClN3O4/c1-3-31-21-17(24)13-15(14-20(21)29-2)12-16(23(28)27-8-10-30-11-9-27)22-25-18-6-4-5-7-19(18)26-22/h4-7,12-14H,3,8-11H2,1-2H3,(H,25,26). The number of nitrogens with zero attached hydrogens (tertiary/aromatic N) is 2. The maximum absolute atomic E-state index is 13.4. The monoisotopic (exact) mass is 441 g/mol. The molecule has 0 bridgehead atoms. The summed E-state index contributed by atoms with van der Waals surface area (Å²) in [7, 11) is 1.56. The first-order chi connectivity index (χ1) is 15.1. The minimum Gasteiger partial charge on any atom is -0.493 e. The Morgan fingerprint density at radius 1 is 1.29 bits per heavy atom. The van der Waals surface area contributed by atoms with Gasteiger partial charge in [0.15, 0.2) is 11.5 Å². The van der Waals surface area contributed by atoms with Crippen LogP contribution in [0.3, 0.4) is 0 Å². The lowest BCUT2D eigenvalue weighted by molar-refractivity contribution is -0.128. The molecule has 1 aromatic heterocycles. The Balaban J connectivity index is 1.81. The Labute approximate surface area is 185 Å². The lowest BCUT2D eigenvalue weighted by Crippen LogP contribution is -2.41. The highest BCUT2D eigenvalue weighted by Crippen LogP contribution is 2.37. The summed E-state index contributed by atoms with van der Waals surface area (Å²) >= 11 is 6.44. The molecule has 1 amide bonds. The van der Waals surface area contributed by atoms with Crippen LogP contribution in [0.2, 0.25) is 5.02 Å². The van der Waals surface area contributed by atoms with E-state index < -0.39 is 0 Å². The Morgan fingerprint density at radius 2 is 2.06 bits per heavy atom. The molecule has 4 rings (SSSR count). The van der Waals surface area contributed by atoms with Crippen molar-refractivity contribution in [2.45, 2.75) is 6.92 Å². The predicted molar refractivity (Wildman–Crippen MR) is 121 cm³/mol. The van der Waals surface area contributed by atoms with Gasteiger partial charge in [-0.2, -0.15) is 0 Å². The first-order valence-corrected chi connectivity index (χ1v) is 10.5. The summed E-state index contributed by atoms with van der Waals surface area (Å²) in [6.07, 6.45) is 1.78. The number of carbonyl (C=O) groups is 1. The summed E-state index contributed by atoms with van der Waals surface area (Å²) in [6.45, 7) is 4.44. The number of amides is 1. The number of hydrogen-bond donors (Lipinski definition) is 1. The molecule has 3 aromatic rings. The van der Waals surface area contributed by atoms with Gasteiger partial charge in [0.2, 0.25) is 0 Å². The maximum atomic E-state index is 13.4. The summed E-state index contributed by atoms with van der Waals surface area (Å²) < 4.78 is 16.5. The van der Waals surface area contributed by atoms with Crippen molar-refractivity contribution in [2.75, 3.05) is 40.0 Å². The first kappa shape index (κ1) is 21.2. The zero-order valence-corrected chi connectivity index (χ0v) is 18.2. The van der Waals surface area contributed by atoms with Gasteiger partial charge in [-0.05, 0) is 42.8 Å². The van der Waals surface area contributed by atoms with Gasteiger partial charge in [0.1, 0.15) is 5.82 Å². The number of aromatic nitrogens is 2. The molecule has 0 aliphatic carbocycles. The molecule has 8 heteroatoms. The van der Waals surface area contributed by atoms with Gasteiger partial charge >= 0.3 is 0 Å². The average Bonchev–Trinajstić information content (AvgIpc) is 3.23. The molecule has 1 N–H and O–H groups in total. The van der Waals surface area contributed by atoms with Crippen LogP contribution in [-0.2, 0) is 9.53 Å². The number of morpholine rings is 1. The lowest BCUT2D eigenvalue weighted by Gasteiger charge is -2.27. The van der Waals surface area contributed by atoms with Crippen LogP contribution in [-0.4, -0.2) is 60.8 Å². The van der Waals surface area contributed by atoms with Crippen molar-refractivity contribution in [1.29, 1.82) is 0 Å². The highest BCUT2D eigenvalue weighted by molar-refractivity contribution is 6.32. The van der Waals surface area contributed by atoms with Crippen molar-refractivity contribution in [3.8, 4) is 11.5 Å². The molecule has 7 nitrogen and oxygen atoms in total. The van der Waals surface area contributed by atoms with E-state index in [0.29, 0.717) is 66.4 Å². The topological polar surface area (TPSA) is 76.7 Å². The molecule has 2 aromatic carbocycles. The summed E-state index contributed by atoms with van der Waals surface area (Å²) in [6, 6.07) is 11.2. The van der Waals surface area contributed by atoms with Crippen LogP contribution in [0.25, 0.3) is 22.7 Å². The molecule has 1 fully saturated rings. The number of aromatic amines is 1. The number of hydrogen-bond acceptors (Lipinski definition) is 5. The Hall–Kier alpha value is -3.03. The number of nitrogens with one attached hydrogen (secondary N) is 1. The third kappa shape index (κ3) is 4.52. The third-order valence-corrected chi connectivity index (χ3v) is 5.31. The van der Waals surface area contributed by atoms with Crippen molar-refractivity contribution in [1.82, 2.24) is 14.9 Å². The molecule has 2 heterocycles. The van der Waals surface area contributed by atoms with Gasteiger partial charge in [-0.15, -0.1) is 0 Å². The number of halogens is 1. The SMILES string of the molecule is CCOc1c(Cl)cc(C=C(C(=O)N2CCOCC2)c2nc3ccccc3[nH]2)cc1OC. The van der Waals surface area contributed by atoms with E-state index in [-0.39, 0.29) is 5.91 Å². The zero-order valence-electron chi connectivity index (χ0n) is 17.5. The maximum Gasteiger partial charge on any atom is 0.257 e. The third-order valence-electron chi connectivity index (χ3n) is 5.02. The zero-order chi connectivity index (χ0) is 21.8. The van der Waals surface area contributed by atoms with E-state index >= 15 is 0 Å². The van der Waals surface area contributed by atoms with E-state index in [0.717, 1.165) is 11.0 Å². The van der Waals surface area contributed by atoms with Gasteiger partial charge in [-0.1, -0.05) is 23.7 Å². The molecule has 0 atom stereocenters. The van der Waals surface area contributed by atoms with E-state index in [1.807, 2.05) is 31.2 Å². The van der Waals surface area contributed by atoms with Crippen LogP contribution in [0.5, 0.6) is 11.5 Å². The van der Waals surface area contributed by atoms with Gasteiger partial charge in [0.25, 0.3) is 5.91 Å². The second-order valence-electron chi connectivity index (χ2n) is 7.03. The van der Waals surface area contributed by atoms with Crippen LogP contribution in [0.1, 0.15) is 18.3 Å². The van der Waals surface area contributed by atoms with E-state index in [1.165, 1.54) is 0 Å². The van der Waals surface area contributed by atoms with Crippen LogP contribution in [0.4, 0.5) is 0 Å². The molecule has 1 saturated heterocycles. The van der Waals surface area contributed by atoms with Crippen molar-refractivity contribution in [3.63, 3.8) is 0 Å². The van der Waals surface area contributed by atoms with Crippen molar-refractivity contribution in [3.05, 3.63) is 52.8 Å². The summed E-state index contributed by atoms with van der Waals surface area (Å²) in [5.41, 5.74) is 2.81. The summed E-state index contributed by atoms with van der Waals surface area (Å²) in [4.78, 5) is 23.1. The van der Waals surface area contributed by atoms with Gasteiger partial charge in [0.05, 0.1) is 48.6 Å². The quantitative estimate of drug-likeness (QED) is 0.584. The Bertz CT molecular complexity index is 1090. The highest BCUT2D eigenvalue weighted by Gasteiger charge is 2.24. The molecule has 1 aliphatic heterocycles. The van der Waals surface area contributed by atoms with E-state index in [2.05, 4.69) is 9.97 Å². The van der Waals surface area contributed by atoms with E-state index in [4.69, 9.17) is 25.8 Å². The fourth-order valence-electron chi connectivity index (χ4n) is 3.52. The minimum absolute atomic E-state index is 0.119. The van der Waals surface area contributed by atoms with Gasteiger partial charge in [-0.3, -0.25) is 4.79 Å². The number of rotatable bonds is 6. The fourth-order valence-corrected chi connectivity index (χ4v) is 3.80. The van der Waals surface area contributed by atoms with Crippen LogP contribution in [0.15, 0.2) is 36.4 Å². The van der Waals surface area contributed by atoms with Gasteiger partial charge in [0, 0.05) is 13.1 Å². The Morgan fingerprint density at radius 3 is 2.77 bits per heavy atom. The molecule has 0 spiro atoms. The van der Waals surface area contributed by atoms with E-state index in [9.17, 15) is 4.79 Å². The number of methoxy groups -OCH3 is 1. The number of ether oxygens (including phenoxy) is 3. The highest BCUT2D eigenvalue weighted by atomic mass is 35.5. The van der Waals surface area contributed by atoms with Gasteiger partial charge < -0.3 is 24.1 Å².